The molecule has 0 saturated carbocycles. The summed E-state index contributed by atoms with van der Waals surface area (Å²) in [5, 5.41) is 0. The van der Waals surface area contributed by atoms with Gasteiger partial charge in [-0.1, -0.05) is 13.3 Å². The highest BCUT2D eigenvalue weighted by Crippen LogP contribution is 2.29. The zero-order chi connectivity index (χ0) is 13.6. The van der Waals surface area contributed by atoms with Gasteiger partial charge in [0.05, 0.1) is 5.56 Å². The maximum absolute atomic E-state index is 12.4. The van der Waals surface area contributed by atoms with Crippen LogP contribution in [0.4, 0.5) is 19.0 Å². The van der Waals surface area contributed by atoms with Gasteiger partial charge in [-0.05, 0) is 18.6 Å². The van der Waals surface area contributed by atoms with Crippen molar-refractivity contribution in [2.45, 2.75) is 25.9 Å². The number of hydrogen-bond donors (Lipinski definition) is 0. The molecular formula is C12H16ClF3N2. The molecule has 0 aliphatic carbocycles. The molecule has 0 atom stereocenters. The van der Waals surface area contributed by atoms with Crippen molar-refractivity contribution in [1.29, 1.82) is 0 Å². The van der Waals surface area contributed by atoms with Crippen molar-refractivity contribution in [3.8, 4) is 0 Å². The number of anilines is 1. The summed E-state index contributed by atoms with van der Waals surface area (Å²) in [4.78, 5) is 5.76. The summed E-state index contributed by atoms with van der Waals surface area (Å²) in [6, 6.07) is 2.44. The Bertz CT molecular complexity index is 351. The summed E-state index contributed by atoms with van der Waals surface area (Å²) in [5.41, 5.74) is -0.729. The Morgan fingerprint density at radius 1 is 1.28 bits per heavy atom. The molecule has 0 saturated heterocycles. The summed E-state index contributed by atoms with van der Waals surface area (Å²) >= 11 is 5.68. The summed E-state index contributed by atoms with van der Waals surface area (Å²) in [6.45, 7) is 3.39. The molecule has 1 heterocycles. The molecule has 0 unspecified atom stereocenters. The Balaban J connectivity index is 2.79. The summed E-state index contributed by atoms with van der Waals surface area (Å²) < 4.78 is 37.2. The second-order valence-electron chi connectivity index (χ2n) is 3.93. The molecular weight excluding hydrogens is 265 g/mol. The van der Waals surface area contributed by atoms with E-state index in [1.165, 1.54) is 6.07 Å². The minimum atomic E-state index is -4.34. The van der Waals surface area contributed by atoms with Crippen molar-refractivity contribution in [2.24, 2.45) is 0 Å². The summed E-state index contributed by atoms with van der Waals surface area (Å²) in [5.74, 6) is 0.962. The molecule has 0 N–H and O–H groups in total. The predicted molar refractivity (Wildman–Crippen MR) is 67.1 cm³/mol. The maximum Gasteiger partial charge on any atom is 0.417 e. The third kappa shape index (κ3) is 4.37. The lowest BCUT2D eigenvalue weighted by atomic mass is 10.2. The lowest BCUT2D eigenvalue weighted by molar-refractivity contribution is -0.137. The smallest absolute Gasteiger partial charge is 0.355 e. The minimum Gasteiger partial charge on any atom is -0.355 e. The van der Waals surface area contributed by atoms with Crippen molar-refractivity contribution in [3.05, 3.63) is 23.9 Å². The van der Waals surface area contributed by atoms with Crippen LogP contribution in [-0.2, 0) is 6.18 Å². The number of nitrogens with zero attached hydrogens (tertiary/aromatic N) is 2. The molecule has 0 bridgehead atoms. The SMILES string of the molecule is CCCCN(CCCl)c1ccc(C(F)(F)F)cn1. The molecule has 0 spiro atoms. The molecule has 1 aromatic rings. The molecule has 102 valence electrons. The molecule has 0 amide bonds. The summed E-state index contributed by atoms with van der Waals surface area (Å²) in [7, 11) is 0. The predicted octanol–water partition coefficient (Wildman–Crippen LogP) is 3.95. The Morgan fingerprint density at radius 2 is 2.00 bits per heavy atom. The average Bonchev–Trinajstić information content (AvgIpc) is 2.33. The van der Waals surface area contributed by atoms with Crippen LogP contribution in [0.3, 0.4) is 0 Å². The zero-order valence-corrected chi connectivity index (χ0v) is 10.9. The molecule has 18 heavy (non-hydrogen) atoms. The summed E-state index contributed by atoms with van der Waals surface area (Å²) in [6.07, 6.45) is -1.51. The van der Waals surface area contributed by atoms with Crippen LogP contribution >= 0.6 is 11.6 Å². The average molecular weight is 281 g/mol. The molecule has 0 fully saturated rings. The quantitative estimate of drug-likeness (QED) is 0.734. The van der Waals surface area contributed by atoms with Gasteiger partial charge in [-0.15, -0.1) is 11.6 Å². The van der Waals surface area contributed by atoms with Gasteiger partial charge >= 0.3 is 6.18 Å². The Kier molecular flexibility index (Phi) is 5.72. The molecule has 1 aromatic heterocycles. The Labute approximate surface area is 110 Å². The third-order valence-corrected chi connectivity index (χ3v) is 2.70. The fourth-order valence-corrected chi connectivity index (χ4v) is 1.74. The Morgan fingerprint density at radius 3 is 2.44 bits per heavy atom. The normalized spacial score (nSPS) is 11.6. The lowest BCUT2D eigenvalue weighted by Gasteiger charge is -2.22. The van der Waals surface area contributed by atoms with E-state index >= 15 is 0 Å². The zero-order valence-electron chi connectivity index (χ0n) is 10.2. The standard InChI is InChI=1S/C12H16ClF3N2/c1-2-3-7-18(8-6-13)11-5-4-10(9-17-11)12(14,15)16/h4-5,9H,2-3,6-8H2,1H3. The Hall–Kier alpha value is -0.970. The van der Waals surface area contributed by atoms with Crippen LogP contribution in [0.5, 0.6) is 0 Å². The van der Waals surface area contributed by atoms with E-state index in [2.05, 4.69) is 11.9 Å². The van der Waals surface area contributed by atoms with Gasteiger partial charge in [-0.25, -0.2) is 4.98 Å². The van der Waals surface area contributed by atoms with Crippen LogP contribution in [0.1, 0.15) is 25.3 Å². The van der Waals surface area contributed by atoms with Gasteiger partial charge in [0.15, 0.2) is 0 Å². The molecule has 6 heteroatoms. The van der Waals surface area contributed by atoms with E-state index < -0.39 is 11.7 Å². The van der Waals surface area contributed by atoms with Crippen LogP contribution in [0.2, 0.25) is 0 Å². The molecule has 0 aromatic carbocycles. The van der Waals surface area contributed by atoms with E-state index in [0.717, 1.165) is 31.6 Å². The minimum absolute atomic E-state index is 0.423. The number of hydrogen-bond acceptors (Lipinski definition) is 2. The first-order chi connectivity index (χ1) is 8.49. The van der Waals surface area contributed by atoms with E-state index in [1.807, 2.05) is 4.90 Å². The highest BCUT2D eigenvalue weighted by atomic mass is 35.5. The maximum atomic E-state index is 12.4. The molecule has 0 aliphatic heterocycles. The van der Waals surface area contributed by atoms with Gasteiger partial charge in [0.1, 0.15) is 5.82 Å². The van der Waals surface area contributed by atoms with E-state index in [1.54, 1.807) is 0 Å². The first-order valence-corrected chi connectivity index (χ1v) is 6.36. The van der Waals surface area contributed by atoms with Crippen molar-refractivity contribution < 1.29 is 13.2 Å². The van der Waals surface area contributed by atoms with Crippen molar-refractivity contribution in [3.63, 3.8) is 0 Å². The number of halogens is 4. The second kappa shape index (κ2) is 6.83. The molecule has 2 nitrogen and oxygen atoms in total. The number of aromatic nitrogens is 1. The first kappa shape index (κ1) is 15.1. The number of rotatable bonds is 6. The largest absolute Gasteiger partial charge is 0.417 e. The van der Waals surface area contributed by atoms with Crippen LogP contribution < -0.4 is 4.90 Å². The first-order valence-electron chi connectivity index (χ1n) is 5.83. The van der Waals surface area contributed by atoms with E-state index in [-0.39, 0.29) is 0 Å². The lowest BCUT2D eigenvalue weighted by Crippen LogP contribution is -2.27. The highest BCUT2D eigenvalue weighted by molar-refractivity contribution is 6.18. The van der Waals surface area contributed by atoms with Crippen molar-refractivity contribution >= 4 is 17.4 Å². The van der Waals surface area contributed by atoms with Crippen molar-refractivity contribution in [1.82, 2.24) is 4.98 Å². The number of unbranched alkanes of at least 4 members (excludes halogenated alkanes) is 1. The molecule has 0 radical (unpaired) electrons. The molecule has 1 rings (SSSR count). The second-order valence-corrected chi connectivity index (χ2v) is 4.31. The molecule has 0 aliphatic rings. The van der Waals surface area contributed by atoms with Crippen LogP contribution in [0, 0.1) is 0 Å². The van der Waals surface area contributed by atoms with Gasteiger partial charge in [0, 0.05) is 25.2 Å². The monoisotopic (exact) mass is 280 g/mol. The third-order valence-electron chi connectivity index (χ3n) is 2.54. The number of pyridine rings is 1. The fraction of sp³-hybridized carbons (Fsp3) is 0.583. The van der Waals surface area contributed by atoms with E-state index in [4.69, 9.17) is 11.6 Å². The van der Waals surface area contributed by atoms with Gasteiger partial charge in [0.25, 0.3) is 0 Å². The van der Waals surface area contributed by atoms with Gasteiger partial charge in [-0.2, -0.15) is 13.2 Å². The van der Waals surface area contributed by atoms with Gasteiger partial charge < -0.3 is 4.90 Å². The van der Waals surface area contributed by atoms with E-state index in [0.29, 0.717) is 18.2 Å². The topological polar surface area (TPSA) is 16.1 Å². The van der Waals surface area contributed by atoms with Gasteiger partial charge in [-0.3, -0.25) is 0 Å². The van der Waals surface area contributed by atoms with Crippen LogP contribution in [0.25, 0.3) is 0 Å². The fourth-order valence-electron chi connectivity index (χ4n) is 1.53. The van der Waals surface area contributed by atoms with Crippen molar-refractivity contribution in [2.75, 3.05) is 23.9 Å². The van der Waals surface area contributed by atoms with Crippen LogP contribution in [-0.4, -0.2) is 24.0 Å². The van der Waals surface area contributed by atoms with Crippen LogP contribution in [0.15, 0.2) is 18.3 Å². The van der Waals surface area contributed by atoms with E-state index in [9.17, 15) is 13.2 Å². The van der Waals surface area contributed by atoms with Gasteiger partial charge in [0.2, 0.25) is 0 Å². The number of alkyl halides is 4. The highest BCUT2D eigenvalue weighted by Gasteiger charge is 2.30.